The van der Waals surface area contributed by atoms with Gasteiger partial charge in [0.05, 0.1) is 10.5 Å². The molecule has 0 fully saturated rings. The highest BCUT2D eigenvalue weighted by molar-refractivity contribution is 7.18. The first kappa shape index (κ1) is 16.9. The minimum Gasteiger partial charge on any atom is -0.327 e. The van der Waals surface area contributed by atoms with Crippen LogP contribution < -0.4 is 10.00 Å². The van der Waals surface area contributed by atoms with E-state index in [4.69, 9.17) is 5.10 Å². The number of benzene rings is 3. The zero-order chi connectivity index (χ0) is 18.6. The van der Waals surface area contributed by atoms with Crippen molar-refractivity contribution in [3.63, 3.8) is 0 Å². The average Bonchev–Trinajstić information content (AvgIpc) is 3.13. The van der Waals surface area contributed by atoms with Gasteiger partial charge in [-0.05, 0) is 40.3 Å². The molecule has 7 heteroatoms. The van der Waals surface area contributed by atoms with Crippen molar-refractivity contribution in [2.24, 2.45) is 0 Å². The number of rotatable bonds is 5. The summed E-state index contributed by atoms with van der Waals surface area (Å²) in [6.07, 6.45) is 0. The van der Waals surface area contributed by atoms with Gasteiger partial charge in [0, 0.05) is 35.1 Å². The number of aromatic nitrogens is 2. The van der Waals surface area contributed by atoms with E-state index in [0.29, 0.717) is 0 Å². The van der Waals surface area contributed by atoms with Gasteiger partial charge in [0.1, 0.15) is 0 Å². The molecule has 0 aliphatic rings. The Hall–Kier alpha value is -3.58. The van der Waals surface area contributed by atoms with Crippen LogP contribution in [0.3, 0.4) is 0 Å². The van der Waals surface area contributed by atoms with Crippen molar-refractivity contribution < 1.29 is 9.61 Å². The third-order valence-electron chi connectivity index (χ3n) is 3.93. The Bertz CT molecular complexity index is 1060. The summed E-state index contributed by atoms with van der Waals surface area (Å²) in [6.45, 7) is 0. The van der Waals surface area contributed by atoms with Crippen molar-refractivity contribution in [2.75, 3.05) is 5.32 Å². The number of anilines is 2. The molecule has 0 bridgehead atoms. The molecular formula is C20H15N4O2S+. The van der Waals surface area contributed by atoms with Crippen molar-refractivity contribution in [3.8, 4) is 16.3 Å². The van der Waals surface area contributed by atoms with Gasteiger partial charge in [-0.15, -0.1) is 0 Å². The first-order chi connectivity index (χ1) is 13.2. The van der Waals surface area contributed by atoms with Gasteiger partial charge in [0.15, 0.2) is 0 Å². The maximum atomic E-state index is 10.9. The van der Waals surface area contributed by atoms with Crippen LogP contribution in [-0.2, 0) is 0 Å². The van der Waals surface area contributed by atoms with Crippen LogP contribution >= 0.6 is 11.3 Å². The second-order valence-electron chi connectivity index (χ2n) is 5.75. The molecular weight excluding hydrogens is 360 g/mol. The van der Waals surface area contributed by atoms with Gasteiger partial charge in [0.25, 0.3) is 10.8 Å². The van der Waals surface area contributed by atoms with Crippen LogP contribution in [0.1, 0.15) is 0 Å². The number of nitrogens with one attached hydrogen (secondary N) is 1. The van der Waals surface area contributed by atoms with E-state index in [1.807, 2.05) is 65.3 Å². The zero-order valence-electron chi connectivity index (χ0n) is 14.1. The molecule has 0 saturated carbocycles. The van der Waals surface area contributed by atoms with Crippen molar-refractivity contribution >= 4 is 27.8 Å². The first-order valence-corrected chi connectivity index (χ1v) is 9.08. The summed E-state index contributed by atoms with van der Waals surface area (Å²) in [5.41, 5.74) is 2.80. The van der Waals surface area contributed by atoms with Gasteiger partial charge in [-0.25, -0.2) is 0 Å². The third kappa shape index (κ3) is 3.68. The fourth-order valence-electron chi connectivity index (χ4n) is 2.64. The highest BCUT2D eigenvalue weighted by Crippen LogP contribution is 2.29. The predicted octanol–water partition coefficient (Wildman–Crippen LogP) is 4.74. The van der Waals surface area contributed by atoms with E-state index in [1.54, 1.807) is 12.1 Å². The van der Waals surface area contributed by atoms with E-state index < -0.39 is 4.92 Å². The summed E-state index contributed by atoms with van der Waals surface area (Å²) < 4.78 is 1.84. The largest absolute Gasteiger partial charge is 0.327 e. The molecule has 1 N–H and O–H groups in total. The molecule has 0 saturated heterocycles. The van der Waals surface area contributed by atoms with Crippen molar-refractivity contribution in [3.05, 3.63) is 95.0 Å². The molecule has 0 aliphatic heterocycles. The molecule has 4 aromatic rings. The fourth-order valence-corrected chi connectivity index (χ4v) is 3.60. The maximum Gasteiger partial charge on any atom is 0.304 e. The van der Waals surface area contributed by atoms with Crippen LogP contribution in [0, 0.1) is 10.1 Å². The minimum atomic E-state index is -0.399. The summed E-state index contributed by atoms with van der Waals surface area (Å²) in [5, 5.41) is 20.6. The summed E-state index contributed by atoms with van der Waals surface area (Å²) in [5.74, 6) is 0. The molecule has 27 heavy (non-hydrogen) atoms. The normalized spacial score (nSPS) is 10.5. The molecule has 0 atom stereocenters. The summed E-state index contributed by atoms with van der Waals surface area (Å²) in [4.78, 5) is 10.5. The van der Waals surface area contributed by atoms with Gasteiger partial charge in [-0.3, -0.25) is 10.1 Å². The van der Waals surface area contributed by atoms with Crippen LogP contribution in [0.15, 0.2) is 84.9 Å². The standard InChI is InChI=1S/C20H15N4O2S/c25-24(26)18-13-11-15(12-14-18)19-23(17-9-5-2-6-10-17)22-20(27-19)21-16-7-3-1-4-8-16/h1-14H,(H,21,22)/q+1. The Balaban J connectivity index is 1.77. The quantitative estimate of drug-likeness (QED) is 0.311. The van der Waals surface area contributed by atoms with Crippen LogP contribution in [0.25, 0.3) is 16.3 Å². The van der Waals surface area contributed by atoms with Crippen LogP contribution in [0.5, 0.6) is 0 Å². The fraction of sp³-hybridized carbons (Fsp3) is 0. The number of nitrogens with zero attached hydrogens (tertiary/aromatic N) is 3. The highest BCUT2D eigenvalue weighted by atomic mass is 32.1. The second-order valence-corrected chi connectivity index (χ2v) is 6.73. The zero-order valence-corrected chi connectivity index (χ0v) is 15.0. The van der Waals surface area contributed by atoms with Crippen LogP contribution in [0.2, 0.25) is 0 Å². The summed E-state index contributed by atoms with van der Waals surface area (Å²) in [6, 6.07) is 26.1. The van der Waals surface area contributed by atoms with E-state index in [9.17, 15) is 10.1 Å². The lowest BCUT2D eigenvalue weighted by molar-refractivity contribution is -0.642. The maximum absolute atomic E-state index is 10.9. The molecule has 0 unspecified atom stereocenters. The number of nitro groups is 1. The molecule has 1 aromatic heterocycles. The van der Waals surface area contributed by atoms with Crippen molar-refractivity contribution in [1.82, 2.24) is 5.10 Å². The van der Waals surface area contributed by atoms with Gasteiger partial charge in [-0.1, -0.05) is 36.4 Å². The lowest BCUT2D eigenvalue weighted by Crippen LogP contribution is -2.34. The second kappa shape index (κ2) is 7.35. The highest BCUT2D eigenvalue weighted by Gasteiger charge is 2.24. The van der Waals surface area contributed by atoms with E-state index >= 15 is 0 Å². The lowest BCUT2D eigenvalue weighted by Gasteiger charge is -1.97. The molecule has 0 aliphatic carbocycles. The van der Waals surface area contributed by atoms with Crippen molar-refractivity contribution in [1.29, 1.82) is 0 Å². The van der Waals surface area contributed by atoms with E-state index in [0.717, 1.165) is 27.1 Å². The smallest absolute Gasteiger partial charge is 0.304 e. The minimum absolute atomic E-state index is 0.0668. The molecule has 1 heterocycles. The Morgan fingerprint density at radius 1 is 0.889 bits per heavy atom. The van der Waals surface area contributed by atoms with Gasteiger partial charge in [0.2, 0.25) is 5.69 Å². The molecule has 3 aromatic carbocycles. The number of non-ortho nitro benzene ring substituents is 1. The van der Waals surface area contributed by atoms with Crippen molar-refractivity contribution in [2.45, 2.75) is 0 Å². The molecule has 6 nitrogen and oxygen atoms in total. The van der Waals surface area contributed by atoms with Crippen LogP contribution in [0.4, 0.5) is 16.5 Å². The lowest BCUT2D eigenvalue weighted by atomic mass is 10.2. The SMILES string of the molecule is O=[N+]([O-])c1ccc(-c2sc(Nc3ccccc3)n[n+]2-c2ccccc2)cc1. The Labute approximate surface area is 159 Å². The average molecular weight is 375 g/mol. The monoisotopic (exact) mass is 375 g/mol. The van der Waals surface area contributed by atoms with Gasteiger partial charge >= 0.3 is 5.01 Å². The Morgan fingerprint density at radius 3 is 2.15 bits per heavy atom. The first-order valence-electron chi connectivity index (χ1n) is 8.26. The Kier molecular flexibility index (Phi) is 4.59. The van der Waals surface area contributed by atoms with Gasteiger partial charge in [-0.2, -0.15) is 0 Å². The third-order valence-corrected chi connectivity index (χ3v) is 4.91. The number of para-hydroxylation sites is 2. The van der Waals surface area contributed by atoms with Crippen LogP contribution in [-0.4, -0.2) is 10.0 Å². The predicted molar refractivity (Wildman–Crippen MR) is 105 cm³/mol. The topological polar surface area (TPSA) is 71.9 Å². The number of hydrogen-bond acceptors (Lipinski definition) is 5. The molecule has 0 radical (unpaired) electrons. The summed E-state index contributed by atoms with van der Waals surface area (Å²) >= 11 is 1.49. The molecule has 0 amide bonds. The molecule has 132 valence electrons. The number of nitro benzene ring substituents is 1. The van der Waals surface area contributed by atoms with E-state index in [-0.39, 0.29) is 5.69 Å². The Morgan fingerprint density at radius 2 is 1.52 bits per heavy atom. The molecule has 4 rings (SSSR count). The number of hydrogen-bond donors (Lipinski definition) is 1. The molecule has 0 spiro atoms. The van der Waals surface area contributed by atoms with Gasteiger partial charge < -0.3 is 5.32 Å². The summed E-state index contributed by atoms with van der Waals surface area (Å²) in [7, 11) is 0. The van der Waals surface area contributed by atoms with E-state index in [2.05, 4.69) is 5.32 Å². The van der Waals surface area contributed by atoms with E-state index in [1.165, 1.54) is 23.5 Å².